The number of hydrogen-bond donors (Lipinski definition) is 0. The van der Waals surface area contributed by atoms with Gasteiger partial charge in [-0.1, -0.05) is 49.4 Å². The highest BCUT2D eigenvalue weighted by Gasteiger charge is 2.27. The molecule has 6 heteroatoms. The third kappa shape index (κ3) is 3.13. The van der Waals surface area contributed by atoms with Gasteiger partial charge in [0.25, 0.3) is 0 Å². The summed E-state index contributed by atoms with van der Waals surface area (Å²) in [6.07, 6.45) is 0.998. The van der Waals surface area contributed by atoms with Gasteiger partial charge in [0.2, 0.25) is 0 Å². The molecule has 0 bridgehead atoms. The molecule has 1 aromatic rings. The Morgan fingerprint density at radius 2 is 1.87 bits per heavy atom. The second-order valence-corrected chi connectivity index (χ2v) is 6.91. The van der Waals surface area contributed by atoms with E-state index >= 15 is 0 Å². The zero-order valence-electron chi connectivity index (χ0n) is 12.6. The van der Waals surface area contributed by atoms with E-state index in [0.717, 1.165) is 10.8 Å². The van der Waals surface area contributed by atoms with Gasteiger partial charge in [-0.2, -0.15) is 8.42 Å². The summed E-state index contributed by atoms with van der Waals surface area (Å²) in [5.74, 6) is -1.14. The second-order valence-electron chi connectivity index (χ2n) is 5.43. The molecule has 0 saturated heterocycles. The predicted octanol–water partition coefficient (Wildman–Crippen LogP) is 2.72. The minimum absolute atomic E-state index is 0.0545. The van der Waals surface area contributed by atoms with Crippen molar-refractivity contribution in [2.75, 3.05) is 0 Å². The molecule has 0 spiro atoms. The van der Waals surface area contributed by atoms with Gasteiger partial charge in [0.15, 0.2) is 0 Å². The van der Waals surface area contributed by atoms with Crippen molar-refractivity contribution in [1.82, 2.24) is 0 Å². The van der Waals surface area contributed by atoms with Crippen molar-refractivity contribution in [3.63, 3.8) is 0 Å². The quantitative estimate of drug-likeness (QED) is 0.491. The number of rotatable bonds is 7. The van der Waals surface area contributed by atoms with Crippen LogP contribution in [0.15, 0.2) is 53.4 Å². The number of benzene rings is 2. The molecule has 1 aromatic carbocycles. The van der Waals surface area contributed by atoms with Crippen LogP contribution in [-0.4, -0.2) is 14.4 Å². The van der Waals surface area contributed by atoms with Crippen LogP contribution in [0.4, 0.5) is 0 Å². The normalized spacial score (nSPS) is 13.4. The maximum Gasteiger partial charge on any atom is 0.347 e. The van der Waals surface area contributed by atoms with Crippen LogP contribution >= 0.6 is 0 Å². The zero-order chi connectivity index (χ0) is 16.4. The van der Waals surface area contributed by atoms with Gasteiger partial charge in [0.1, 0.15) is 4.90 Å². The number of carbonyl (C=O) groups is 1. The van der Waals surface area contributed by atoms with E-state index in [1.807, 2.05) is 37.3 Å². The van der Waals surface area contributed by atoms with Gasteiger partial charge < -0.3 is 0 Å². The fourth-order valence-corrected chi connectivity index (χ4v) is 3.39. The standard InChI is InChI=1S/C17H16O5S/c1-2-13(10-12-6-4-3-5-7-12)17(18)21-22-23(19,20)16-11-14-8-9-15(14)16/h3-9,11,13H,2,10H2,1H3. The smallest absolute Gasteiger partial charge is 0.281 e. The van der Waals surface area contributed by atoms with Gasteiger partial charge in [-0.05, 0) is 34.0 Å². The minimum Gasteiger partial charge on any atom is -0.281 e. The average Bonchev–Trinajstić information content (AvgIpc) is 2.53. The van der Waals surface area contributed by atoms with Gasteiger partial charge >= 0.3 is 16.1 Å². The Hall–Kier alpha value is -2.18. The highest BCUT2D eigenvalue weighted by molar-refractivity contribution is 7.86. The molecule has 3 rings (SSSR count). The molecule has 0 aromatic heterocycles. The summed E-state index contributed by atoms with van der Waals surface area (Å²) in [4.78, 5) is 16.7. The van der Waals surface area contributed by atoms with E-state index in [1.165, 1.54) is 6.07 Å². The molecule has 2 aliphatic rings. The van der Waals surface area contributed by atoms with E-state index in [4.69, 9.17) is 0 Å². The lowest BCUT2D eigenvalue weighted by Gasteiger charge is -2.14. The Balaban J connectivity index is 1.61. The Kier molecular flexibility index (Phi) is 4.19. The Morgan fingerprint density at radius 3 is 2.39 bits per heavy atom. The summed E-state index contributed by atoms with van der Waals surface area (Å²) >= 11 is 0. The molecule has 23 heavy (non-hydrogen) atoms. The van der Waals surface area contributed by atoms with E-state index in [0.29, 0.717) is 18.1 Å². The number of hydrogen-bond acceptors (Lipinski definition) is 5. The Morgan fingerprint density at radius 1 is 1.13 bits per heavy atom. The second kappa shape index (κ2) is 6.14. The highest BCUT2D eigenvalue weighted by Crippen LogP contribution is 2.24. The van der Waals surface area contributed by atoms with Crippen LogP contribution in [0.3, 0.4) is 0 Å². The van der Waals surface area contributed by atoms with Gasteiger partial charge in [-0.25, -0.2) is 4.79 Å². The molecular formula is C17H16O5S. The van der Waals surface area contributed by atoms with Crippen molar-refractivity contribution >= 4 is 16.1 Å². The van der Waals surface area contributed by atoms with Crippen molar-refractivity contribution in [3.8, 4) is 0 Å². The molecule has 5 nitrogen and oxygen atoms in total. The van der Waals surface area contributed by atoms with Gasteiger partial charge in [0, 0.05) is 5.22 Å². The van der Waals surface area contributed by atoms with Crippen molar-refractivity contribution < 1.29 is 22.4 Å². The largest absolute Gasteiger partial charge is 0.347 e. The summed E-state index contributed by atoms with van der Waals surface area (Å²) in [5, 5.41) is 1.49. The van der Waals surface area contributed by atoms with Crippen LogP contribution < -0.4 is 0 Å². The lowest BCUT2D eigenvalue weighted by molar-refractivity contribution is -0.216. The van der Waals surface area contributed by atoms with Crippen LogP contribution in [0.2, 0.25) is 0 Å². The third-order valence-electron chi connectivity index (χ3n) is 3.92. The zero-order valence-corrected chi connectivity index (χ0v) is 13.4. The SMILES string of the molecule is CCC(Cc1ccccc1)C(=O)OOS(=O)(=O)c1cc2ccc1=2. The number of carbonyl (C=O) groups excluding carboxylic acids is 1. The van der Waals surface area contributed by atoms with Gasteiger partial charge in [-0.3, -0.25) is 4.89 Å². The molecule has 0 saturated carbocycles. The molecule has 0 N–H and O–H groups in total. The van der Waals surface area contributed by atoms with Crippen molar-refractivity contribution in [2.24, 2.45) is 5.92 Å². The van der Waals surface area contributed by atoms with E-state index < -0.39 is 22.0 Å². The third-order valence-corrected chi connectivity index (χ3v) is 5.04. The van der Waals surface area contributed by atoms with Crippen LogP contribution in [0.5, 0.6) is 0 Å². The highest BCUT2D eigenvalue weighted by atomic mass is 32.2. The molecule has 1 atom stereocenters. The molecule has 0 heterocycles. The van der Waals surface area contributed by atoms with Crippen LogP contribution in [0.25, 0.3) is 0 Å². The lowest BCUT2D eigenvalue weighted by atomic mass is 9.97. The molecular weight excluding hydrogens is 316 g/mol. The maximum absolute atomic E-state index is 12.1. The predicted molar refractivity (Wildman–Crippen MR) is 82.4 cm³/mol. The molecule has 1 unspecified atom stereocenters. The lowest BCUT2D eigenvalue weighted by Crippen LogP contribution is -2.22. The fraction of sp³-hybridized carbons (Fsp3) is 0.235. The topological polar surface area (TPSA) is 69.7 Å². The fourth-order valence-electron chi connectivity index (χ4n) is 2.44. The monoisotopic (exact) mass is 332 g/mol. The van der Waals surface area contributed by atoms with Gasteiger partial charge in [-0.15, -0.1) is 0 Å². The molecule has 0 aliphatic heterocycles. The summed E-state index contributed by atoms with van der Waals surface area (Å²) in [7, 11) is -4.06. The average molecular weight is 332 g/mol. The maximum atomic E-state index is 12.1. The first kappa shape index (κ1) is 15.7. The first-order valence-electron chi connectivity index (χ1n) is 7.34. The minimum atomic E-state index is -4.06. The van der Waals surface area contributed by atoms with E-state index in [9.17, 15) is 13.2 Å². The van der Waals surface area contributed by atoms with Crippen LogP contribution in [0, 0.1) is 16.4 Å². The summed E-state index contributed by atoms with van der Waals surface area (Å²) in [5.41, 5.74) is 0.982. The Bertz CT molecular complexity index is 919. The summed E-state index contributed by atoms with van der Waals surface area (Å²) < 4.78 is 28.3. The molecule has 2 aliphatic carbocycles. The van der Waals surface area contributed by atoms with Crippen LogP contribution in [-0.2, 0) is 30.6 Å². The van der Waals surface area contributed by atoms with Crippen molar-refractivity contribution in [3.05, 3.63) is 64.5 Å². The molecule has 0 amide bonds. The first-order valence-corrected chi connectivity index (χ1v) is 8.75. The summed E-state index contributed by atoms with van der Waals surface area (Å²) in [6, 6.07) is 14.4. The first-order chi connectivity index (χ1) is 11.0. The molecule has 0 radical (unpaired) electrons. The molecule has 0 fully saturated rings. The van der Waals surface area contributed by atoms with E-state index in [1.54, 1.807) is 12.1 Å². The van der Waals surface area contributed by atoms with Crippen LogP contribution in [0.1, 0.15) is 18.9 Å². The van der Waals surface area contributed by atoms with E-state index in [-0.39, 0.29) is 4.90 Å². The molecule has 120 valence electrons. The summed E-state index contributed by atoms with van der Waals surface area (Å²) in [6.45, 7) is 1.84. The van der Waals surface area contributed by atoms with E-state index in [2.05, 4.69) is 9.22 Å². The van der Waals surface area contributed by atoms with Crippen molar-refractivity contribution in [1.29, 1.82) is 0 Å². The van der Waals surface area contributed by atoms with Crippen molar-refractivity contribution in [2.45, 2.75) is 24.7 Å². The van der Waals surface area contributed by atoms with Gasteiger partial charge in [0.05, 0.1) is 5.92 Å². The Labute approximate surface area is 134 Å².